The van der Waals surface area contributed by atoms with Crippen LogP contribution in [-0.4, -0.2) is 23.2 Å². The predicted octanol–water partition coefficient (Wildman–Crippen LogP) is 1.70. The van der Waals surface area contributed by atoms with Crippen LogP contribution in [0.15, 0.2) is 0 Å². The van der Waals surface area contributed by atoms with Gasteiger partial charge in [0, 0.05) is 11.5 Å². The fourth-order valence-corrected chi connectivity index (χ4v) is 1.91. The number of nitrogens with one attached hydrogen (secondary N) is 1. The molecule has 0 saturated heterocycles. The van der Waals surface area contributed by atoms with E-state index in [1.165, 1.54) is 0 Å². The molecule has 1 aliphatic carbocycles. The van der Waals surface area contributed by atoms with E-state index in [9.17, 15) is 9.90 Å². The lowest BCUT2D eigenvalue weighted by Gasteiger charge is -2.33. The van der Waals surface area contributed by atoms with Crippen LogP contribution in [0.1, 0.15) is 47.0 Å². The molecule has 0 unspecified atom stereocenters. The van der Waals surface area contributed by atoms with Gasteiger partial charge in [-0.15, -0.1) is 0 Å². The van der Waals surface area contributed by atoms with Crippen LogP contribution >= 0.6 is 0 Å². The van der Waals surface area contributed by atoms with Crippen LogP contribution < -0.4 is 5.32 Å². The zero-order valence-electron chi connectivity index (χ0n) is 10.2. The molecule has 0 aromatic carbocycles. The number of hydrogen-bond donors (Lipinski definition) is 2. The molecular weight excluding hydrogens is 190 g/mol. The van der Waals surface area contributed by atoms with Crippen molar-refractivity contribution in [2.24, 2.45) is 11.3 Å². The van der Waals surface area contributed by atoms with Gasteiger partial charge in [0.2, 0.25) is 5.91 Å². The Kier molecular flexibility index (Phi) is 3.77. The molecule has 1 amide bonds. The normalized spacial score (nSPS) is 32.5. The Morgan fingerprint density at radius 3 is 2.40 bits per heavy atom. The van der Waals surface area contributed by atoms with Crippen molar-refractivity contribution in [2.75, 3.05) is 0 Å². The SMILES string of the molecule is C[C@@H]1C[C@H](NC(=O)C(C)(C)C)CC[C@@H]1O. The molecule has 1 rings (SSSR count). The molecule has 15 heavy (non-hydrogen) atoms. The molecule has 3 atom stereocenters. The van der Waals surface area contributed by atoms with Crippen LogP contribution in [0, 0.1) is 11.3 Å². The summed E-state index contributed by atoms with van der Waals surface area (Å²) in [4.78, 5) is 11.7. The topological polar surface area (TPSA) is 49.3 Å². The lowest BCUT2D eigenvalue weighted by molar-refractivity contribution is -0.129. The molecule has 0 aromatic rings. The van der Waals surface area contributed by atoms with Crippen LogP contribution in [0.2, 0.25) is 0 Å². The third kappa shape index (κ3) is 3.49. The van der Waals surface area contributed by atoms with E-state index in [0.717, 1.165) is 19.3 Å². The number of rotatable bonds is 1. The van der Waals surface area contributed by atoms with Crippen molar-refractivity contribution in [1.29, 1.82) is 0 Å². The quantitative estimate of drug-likeness (QED) is 0.696. The van der Waals surface area contributed by atoms with Gasteiger partial charge in [-0.25, -0.2) is 0 Å². The Labute approximate surface area is 92.3 Å². The van der Waals surface area contributed by atoms with E-state index >= 15 is 0 Å². The third-order valence-corrected chi connectivity index (χ3v) is 3.14. The van der Waals surface area contributed by atoms with Crippen LogP contribution in [-0.2, 0) is 4.79 Å². The van der Waals surface area contributed by atoms with Crippen LogP contribution in [0.25, 0.3) is 0 Å². The zero-order valence-corrected chi connectivity index (χ0v) is 10.2. The maximum Gasteiger partial charge on any atom is 0.225 e. The lowest BCUT2D eigenvalue weighted by atomic mass is 9.84. The molecule has 0 radical (unpaired) electrons. The van der Waals surface area contributed by atoms with Crippen molar-refractivity contribution in [3.63, 3.8) is 0 Å². The maximum absolute atomic E-state index is 11.7. The smallest absolute Gasteiger partial charge is 0.225 e. The highest BCUT2D eigenvalue weighted by Crippen LogP contribution is 2.25. The van der Waals surface area contributed by atoms with Crippen molar-refractivity contribution in [3.05, 3.63) is 0 Å². The third-order valence-electron chi connectivity index (χ3n) is 3.14. The van der Waals surface area contributed by atoms with Gasteiger partial charge in [0.1, 0.15) is 0 Å². The number of carbonyl (C=O) groups is 1. The monoisotopic (exact) mass is 213 g/mol. The van der Waals surface area contributed by atoms with Gasteiger partial charge in [-0.1, -0.05) is 27.7 Å². The second-order valence-electron chi connectivity index (χ2n) is 5.78. The van der Waals surface area contributed by atoms with Crippen LogP contribution in [0.3, 0.4) is 0 Å². The van der Waals surface area contributed by atoms with E-state index in [-0.39, 0.29) is 23.5 Å². The Morgan fingerprint density at radius 2 is 1.93 bits per heavy atom. The van der Waals surface area contributed by atoms with Gasteiger partial charge in [-0.3, -0.25) is 4.79 Å². The Hall–Kier alpha value is -0.570. The molecule has 0 spiro atoms. The summed E-state index contributed by atoms with van der Waals surface area (Å²) < 4.78 is 0. The van der Waals surface area contributed by atoms with Gasteiger partial charge >= 0.3 is 0 Å². The fraction of sp³-hybridized carbons (Fsp3) is 0.917. The van der Waals surface area contributed by atoms with E-state index in [2.05, 4.69) is 5.32 Å². The highest BCUT2D eigenvalue weighted by molar-refractivity contribution is 5.81. The van der Waals surface area contributed by atoms with E-state index in [0.29, 0.717) is 5.92 Å². The molecule has 0 aliphatic heterocycles. The lowest BCUT2D eigenvalue weighted by Crippen LogP contribution is -2.45. The zero-order chi connectivity index (χ0) is 11.6. The molecule has 0 bridgehead atoms. The van der Waals surface area contributed by atoms with Gasteiger partial charge in [-0.2, -0.15) is 0 Å². The minimum Gasteiger partial charge on any atom is -0.393 e. The van der Waals surface area contributed by atoms with E-state index in [4.69, 9.17) is 0 Å². The van der Waals surface area contributed by atoms with E-state index in [1.54, 1.807) is 0 Å². The molecule has 1 saturated carbocycles. The summed E-state index contributed by atoms with van der Waals surface area (Å²) in [5.41, 5.74) is -0.320. The second-order valence-corrected chi connectivity index (χ2v) is 5.78. The maximum atomic E-state index is 11.7. The van der Waals surface area contributed by atoms with Crippen molar-refractivity contribution >= 4 is 5.91 Å². The number of carbonyl (C=O) groups excluding carboxylic acids is 1. The summed E-state index contributed by atoms with van der Waals surface area (Å²) in [6.07, 6.45) is 2.40. The molecule has 1 fully saturated rings. The molecule has 0 aromatic heterocycles. The fourth-order valence-electron chi connectivity index (χ4n) is 1.91. The van der Waals surface area contributed by atoms with Gasteiger partial charge < -0.3 is 10.4 Å². The Balaban J connectivity index is 2.44. The molecular formula is C12H23NO2. The van der Waals surface area contributed by atoms with E-state index < -0.39 is 0 Å². The van der Waals surface area contributed by atoms with Crippen molar-refractivity contribution < 1.29 is 9.90 Å². The number of aliphatic hydroxyl groups is 1. The van der Waals surface area contributed by atoms with Crippen molar-refractivity contribution in [1.82, 2.24) is 5.32 Å². The first-order valence-corrected chi connectivity index (χ1v) is 5.79. The van der Waals surface area contributed by atoms with Gasteiger partial charge in [-0.05, 0) is 25.2 Å². The van der Waals surface area contributed by atoms with Crippen LogP contribution in [0.5, 0.6) is 0 Å². The summed E-state index contributed by atoms with van der Waals surface area (Å²) in [5, 5.41) is 12.6. The van der Waals surface area contributed by atoms with E-state index in [1.807, 2.05) is 27.7 Å². The Bertz CT molecular complexity index is 232. The highest BCUT2D eigenvalue weighted by Gasteiger charge is 2.29. The second kappa shape index (κ2) is 4.52. The van der Waals surface area contributed by atoms with Crippen molar-refractivity contribution in [2.45, 2.75) is 59.1 Å². The predicted molar refractivity (Wildman–Crippen MR) is 60.4 cm³/mol. The molecule has 3 heteroatoms. The average molecular weight is 213 g/mol. The minimum absolute atomic E-state index is 0.107. The molecule has 1 aliphatic rings. The summed E-state index contributed by atoms with van der Waals surface area (Å²) >= 11 is 0. The standard InChI is InChI=1S/C12H23NO2/c1-8-7-9(5-6-10(8)14)13-11(15)12(2,3)4/h8-10,14H,5-7H2,1-4H3,(H,13,15)/t8-,9-,10+/m1/s1. The minimum atomic E-state index is -0.320. The Morgan fingerprint density at radius 1 is 1.33 bits per heavy atom. The molecule has 3 nitrogen and oxygen atoms in total. The average Bonchev–Trinajstić information content (AvgIpc) is 2.10. The molecule has 0 heterocycles. The number of hydrogen-bond acceptors (Lipinski definition) is 2. The van der Waals surface area contributed by atoms with Crippen LogP contribution in [0.4, 0.5) is 0 Å². The largest absolute Gasteiger partial charge is 0.393 e. The molecule has 88 valence electrons. The van der Waals surface area contributed by atoms with Gasteiger partial charge in [0.05, 0.1) is 6.10 Å². The first-order valence-electron chi connectivity index (χ1n) is 5.79. The summed E-state index contributed by atoms with van der Waals surface area (Å²) in [7, 11) is 0. The van der Waals surface area contributed by atoms with Gasteiger partial charge in [0.15, 0.2) is 0 Å². The first kappa shape index (κ1) is 12.5. The number of aliphatic hydroxyl groups excluding tert-OH is 1. The van der Waals surface area contributed by atoms with Gasteiger partial charge in [0.25, 0.3) is 0 Å². The highest BCUT2D eigenvalue weighted by atomic mass is 16.3. The molecule has 2 N–H and O–H groups in total. The van der Waals surface area contributed by atoms with Crippen molar-refractivity contribution in [3.8, 4) is 0 Å². The summed E-state index contributed by atoms with van der Waals surface area (Å²) in [6, 6.07) is 0.245. The first-order chi connectivity index (χ1) is 6.80. The summed E-state index contributed by atoms with van der Waals surface area (Å²) in [6.45, 7) is 7.80. The number of amides is 1. The summed E-state index contributed by atoms with van der Waals surface area (Å²) in [5.74, 6) is 0.403.